The Bertz CT molecular complexity index is 1660. The minimum atomic E-state index is -0.307. The van der Waals surface area contributed by atoms with Gasteiger partial charge in [-0.05, 0) is 67.6 Å². The van der Waals surface area contributed by atoms with Gasteiger partial charge in [-0.2, -0.15) is 5.10 Å². The van der Waals surface area contributed by atoms with E-state index in [1.54, 1.807) is 26.3 Å². The van der Waals surface area contributed by atoms with Gasteiger partial charge in [0.15, 0.2) is 0 Å². The van der Waals surface area contributed by atoms with Crippen LogP contribution in [0.2, 0.25) is 0 Å². The minimum Gasteiger partial charge on any atom is -0.497 e. The Balaban J connectivity index is 1.52. The Morgan fingerprint density at radius 3 is 2.51 bits per heavy atom. The van der Waals surface area contributed by atoms with E-state index in [1.165, 1.54) is 0 Å². The molecule has 2 N–H and O–H groups in total. The van der Waals surface area contributed by atoms with Crippen LogP contribution in [0.25, 0.3) is 32.8 Å². The summed E-state index contributed by atoms with van der Waals surface area (Å²) < 4.78 is 18.8. The first-order valence-corrected chi connectivity index (χ1v) is 13.0. The van der Waals surface area contributed by atoms with Crippen LogP contribution >= 0.6 is 0 Å². The first-order chi connectivity index (χ1) is 18.9. The highest BCUT2D eigenvalue weighted by molar-refractivity contribution is 5.95. The molecular weight excluding hydrogens is 492 g/mol. The fourth-order valence-corrected chi connectivity index (χ4v) is 4.71. The average Bonchev–Trinajstić information content (AvgIpc) is 3.31. The van der Waals surface area contributed by atoms with Crippen LogP contribution in [-0.4, -0.2) is 34.5 Å². The number of anilines is 1. The largest absolute Gasteiger partial charge is 0.497 e. The monoisotopic (exact) mass is 524 g/mol. The first kappa shape index (κ1) is 26.0. The number of benzene rings is 3. The number of carbonyl (C=O) groups excluding carboxylic acids is 1. The number of carbonyl (C=O) groups is 1. The van der Waals surface area contributed by atoms with Crippen molar-refractivity contribution in [3.05, 3.63) is 78.1 Å². The molecule has 0 radical (unpaired) electrons. The standard InChI is InChI=1S/C31H32N4O4/c1-5-38-30(36)16-23-8-10-24(37-4)17-29(23)39-18-27-26-15-22(9-11-28(26)35(34-27)19(2)3)21-7-6-20-12-13-33-31(32)25(20)14-21/h6-15,17,19H,5,16,18H2,1-4H3,(H2,32,33). The van der Waals surface area contributed by atoms with Gasteiger partial charge in [0.05, 0.1) is 25.7 Å². The molecule has 2 heterocycles. The molecule has 5 rings (SSSR count). The highest BCUT2D eigenvalue weighted by Gasteiger charge is 2.17. The zero-order valence-corrected chi connectivity index (χ0v) is 22.6. The summed E-state index contributed by atoms with van der Waals surface area (Å²) in [5.41, 5.74) is 10.8. The summed E-state index contributed by atoms with van der Waals surface area (Å²) in [6, 6.07) is 20.1. The molecule has 39 heavy (non-hydrogen) atoms. The zero-order chi connectivity index (χ0) is 27.5. The van der Waals surface area contributed by atoms with Crippen LogP contribution in [0.3, 0.4) is 0 Å². The van der Waals surface area contributed by atoms with Crippen molar-refractivity contribution in [1.82, 2.24) is 14.8 Å². The van der Waals surface area contributed by atoms with Gasteiger partial charge < -0.3 is 19.9 Å². The van der Waals surface area contributed by atoms with Crippen molar-refractivity contribution in [2.45, 2.75) is 39.8 Å². The number of nitrogens with zero attached hydrogens (tertiary/aromatic N) is 3. The van der Waals surface area contributed by atoms with Crippen LogP contribution in [-0.2, 0) is 22.6 Å². The van der Waals surface area contributed by atoms with Crippen molar-refractivity contribution in [2.75, 3.05) is 19.5 Å². The molecule has 0 aliphatic heterocycles. The molecule has 0 bridgehead atoms. The van der Waals surface area contributed by atoms with E-state index in [1.807, 2.05) is 22.9 Å². The maximum atomic E-state index is 12.2. The zero-order valence-electron chi connectivity index (χ0n) is 22.6. The van der Waals surface area contributed by atoms with Crippen LogP contribution in [0.4, 0.5) is 5.82 Å². The van der Waals surface area contributed by atoms with Crippen LogP contribution in [0, 0.1) is 0 Å². The van der Waals surface area contributed by atoms with Crippen LogP contribution < -0.4 is 15.2 Å². The Labute approximate surface area is 227 Å². The Morgan fingerprint density at radius 1 is 1.00 bits per heavy atom. The molecule has 2 aromatic heterocycles. The van der Waals surface area contributed by atoms with Gasteiger partial charge in [0, 0.05) is 34.6 Å². The molecular formula is C31H32N4O4. The molecule has 8 heteroatoms. The number of esters is 1. The van der Waals surface area contributed by atoms with Crippen molar-refractivity contribution >= 4 is 33.5 Å². The average molecular weight is 525 g/mol. The Morgan fingerprint density at radius 2 is 1.77 bits per heavy atom. The second-order valence-electron chi connectivity index (χ2n) is 9.59. The summed E-state index contributed by atoms with van der Waals surface area (Å²) in [6.07, 6.45) is 1.83. The third kappa shape index (κ3) is 5.36. The van der Waals surface area contributed by atoms with Crippen molar-refractivity contribution in [2.24, 2.45) is 0 Å². The molecule has 0 aliphatic rings. The molecule has 0 amide bonds. The molecule has 0 fully saturated rings. The Kier molecular flexibility index (Phi) is 7.36. The van der Waals surface area contributed by atoms with Crippen molar-refractivity contribution < 1.29 is 19.0 Å². The van der Waals surface area contributed by atoms with Gasteiger partial charge in [0.1, 0.15) is 29.6 Å². The third-order valence-corrected chi connectivity index (χ3v) is 6.68. The quantitative estimate of drug-likeness (QED) is 0.232. The van der Waals surface area contributed by atoms with E-state index in [4.69, 9.17) is 25.0 Å². The van der Waals surface area contributed by atoms with Gasteiger partial charge in [-0.25, -0.2) is 4.98 Å². The summed E-state index contributed by atoms with van der Waals surface area (Å²) in [6.45, 7) is 6.54. The highest BCUT2D eigenvalue weighted by Crippen LogP contribution is 2.32. The predicted octanol–water partition coefficient (Wildman–Crippen LogP) is 6.11. The normalized spacial score (nSPS) is 11.3. The lowest BCUT2D eigenvalue weighted by molar-refractivity contribution is -0.142. The smallest absolute Gasteiger partial charge is 0.310 e. The number of fused-ring (bicyclic) bond motifs is 2. The maximum Gasteiger partial charge on any atom is 0.310 e. The molecule has 0 aliphatic carbocycles. The van der Waals surface area contributed by atoms with E-state index < -0.39 is 0 Å². The van der Waals surface area contributed by atoms with Gasteiger partial charge in [-0.15, -0.1) is 0 Å². The number of hydrogen-bond donors (Lipinski definition) is 1. The predicted molar refractivity (Wildman–Crippen MR) is 153 cm³/mol. The maximum absolute atomic E-state index is 12.2. The third-order valence-electron chi connectivity index (χ3n) is 6.68. The number of nitrogens with two attached hydrogens (primary N) is 1. The highest BCUT2D eigenvalue weighted by atomic mass is 16.5. The van der Waals surface area contributed by atoms with Crippen LogP contribution in [0.15, 0.2) is 66.9 Å². The van der Waals surface area contributed by atoms with Gasteiger partial charge in [-0.3, -0.25) is 9.48 Å². The lowest BCUT2D eigenvalue weighted by Gasteiger charge is -2.12. The number of ether oxygens (including phenoxy) is 3. The molecule has 0 saturated heterocycles. The van der Waals surface area contributed by atoms with E-state index in [0.717, 1.165) is 44.1 Å². The van der Waals surface area contributed by atoms with Gasteiger partial charge in [0.25, 0.3) is 0 Å². The van der Waals surface area contributed by atoms with E-state index in [2.05, 4.69) is 55.2 Å². The summed E-state index contributed by atoms with van der Waals surface area (Å²) in [5.74, 6) is 1.40. The molecule has 0 unspecified atom stereocenters. The van der Waals surface area contributed by atoms with Crippen LogP contribution in [0.5, 0.6) is 11.5 Å². The van der Waals surface area contributed by atoms with Gasteiger partial charge in [0.2, 0.25) is 0 Å². The molecule has 0 atom stereocenters. The molecule has 200 valence electrons. The van der Waals surface area contributed by atoms with Gasteiger partial charge >= 0.3 is 5.97 Å². The summed E-state index contributed by atoms with van der Waals surface area (Å²) in [5, 5.41) is 7.87. The second kappa shape index (κ2) is 11.0. The van der Waals surface area contributed by atoms with Crippen molar-refractivity contribution in [1.29, 1.82) is 0 Å². The lowest BCUT2D eigenvalue weighted by Crippen LogP contribution is -2.09. The second-order valence-corrected chi connectivity index (χ2v) is 9.59. The fourth-order valence-electron chi connectivity index (χ4n) is 4.71. The number of aromatic nitrogens is 3. The van der Waals surface area contributed by atoms with E-state index in [0.29, 0.717) is 23.9 Å². The summed E-state index contributed by atoms with van der Waals surface area (Å²) in [4.78, 5) is 16.4. The molecule has 3 aromatic carbocycles. The summed E-state index contributed by atoms with van der Waals surface area (Å²) in [7, 11) is 1.60. The van der Waals surface area contributed by atoms with Crippen LogP contribution in [0.1, 0.15) is 38.1 Å². The summed E-state index contributed by atoms with van der Waals surface area (Å²) >= 11 is 0. The first-order valence-electron chi connectivity index (χ1n) is 13.0. The number of hydrogen-bond acceptors (Lipinski definition) is 7. The molecule has 8 nitrogen and oxygen atoms in total. The molecule has 0 spiro atoms. The van der Waals surface area contributed by atoms with E-state index >= 15 is 0 Å². The van der Waals surface area contributed by atoms with Crippen molar-refractivity contribution in [3.8, 4) is 22.6 Å². The number of rotatable bonds is 9. The molecule has 0 saturated carbocycles. The Hall–Kier alpha value is -4.59. The van der Waals surface area contributed by atoms with E-state index in [9.17, 15) is 4.79 Å². The SMILES string of the molecule is CCOC(=O)Cc1ccc(OC)cc1OCc1nn(C(C)C)c2ccc(-c3ccc4ccnc(N)c4c3)cc12. The van der Waals surface area contributed by atoms with E-state index in [-0.39, 0.29) is 25.0 Å². The molecule has 5 aromatic rings. The topological polar surface area (TPSA) is 101 Å². The van der Waals surface area contributed by atoms with Crippen molar-refractivity contribution in [3.63, 3.8) is 0 Å². The lowest BCUT2D eigenvalue weighted by atomic mass is 10.00. The number of nitrogen functional groups attached to an aromatic ring is 1. The minimum absolute atomic E-state index is 0.110. The van der Waals surface area contributed by atoms with Gasteiger partial charge in [-0.1, -0.05) is 24.3 Å². The fraction of sp³-hybridized carbons (Fsp3) is 0.258. The number of methoxy groups -OCH3 is 1. The number of pyridine rings is 1.